The maximum Gasteiger partial charge on any atom is 0.223 e. The monoisotopic (exact) mass is 259 g/mol. The smallest absolute Gasteiger partial charge is 0.223 e. The number of rotatable bonds is 1. The van der Waals surface area contributed by atoms with Crippen LogP contribution in [0.1, 0.15) is 5.56 Å². The van der Waals surface area contributed by atoms with Crippen molar-refractivity contribution in [1.29, 1.82) is 0 Å². The van der Waals surface area contributed by atoms with E-state index in [1.807, 2.05) is 0 Å². The lowest BCUT2D eigenvalue weighted by Gasteiger charge is -2.05. The van der Waals surface area contributed by atoms with Crippen LogP contribution in [0.4, 0.5) is 5.69 Å². The Morgan fingerprint density at radius 2 is 1.69 bits per heavy atom. The van der Waals surface area contributed by atoms with Crippen LogP contribution in [-0.2, 0) is 0 Å². The molecule has 7 heteroatoms. The number of benzene rings is 1. The summed E-state index contributed by atoms with van der Waals surface area (Å²) in [5.74, 6) is -0.246. The summed E-state index contributed by atoms with van der Waals surface area (Å²) in [5, 5.41) is 0.969. The number of hydrogen-bond donors (Lipinski definition) is 3. The molecule has 0 fully saturated rings. The van der Waals surface area contributed by atoms with E-state index in [1.165, 1.54) is 0 Å². The predicted molar refractivity (Wildman–Crippen MR) is 68.3 cm³/mol. The predicted octanol–water partition coefficient (Wildman–Crippen LogP) is 1.52. The third-order valence-corrected chi connectivity index (χ3v) is 2.50. The molecule has 0 heterocycles. The van der Waals surface area contributed by atoms with Crippen LogP contribution in [-0.4, -0.2) is 11.9 Å². The topological polar surface area (TPSA) is 103 Å². The van der Waals surface area contributed by atoms with Gasteiger partial charge in [-0.2, -0.15) is 4.99 Å². The quantitative estimate of drug-likeness (QED) is 0.526. The Morgan fingerprint density at radius 3 is 2.25 bits per heavy atom. The Labute approximate surface area is 103 Å². The van der Waals surface area contributed by atoms with Crippen LogP contribution >= 0.6 is 23.2 Å². The van der Waals surface area contributed by atoms with Gasteiger partial charge in [0.15, 0.2) is 5.96 Å². The summed E-state index contributed by atoms with van der Waals surface area (Å²) in [5.41, 5.74) is 17.0. The molecule has 0 saturated heterocycles. The number of halogens is 2. The Hall–Kier alpha value is -1.46. The first-order valence-corrected chi connectivity index (χ1v) is 5.06. The van der Waals surface area contributed by atoms with Crippen molar-refractivity contribution < 1.29 is 0 Å². The molecule has 0 aliphatic carbocycles. The fourth-order valence-electron chi connectivity index (χ4n) is 1.05. The van der Waals surface area contributed by atoms with Gasteiger partial charge in [-0.05, 0) is 24.6 Å². The van der Waals surface area contributed by atoms with Crippen molar-refractivity contribution in [1.82, 2.24) is 0 Å². The van der Waals surface area contributed by atoms with Crippen molar-refractivity contribution in [3.05, 3.63) is 27.7 Å². The van der Waals surface area contributed by atoms with Crippen LogP contribution in [0.3, 0.4) is 0 Å². The minimum atomic E-state index is -0.169. The van der Waals surface area contributed by atoms with Crippen LogP contribution in [0.5, 0.6) is 0 Å². The summed E-state index contributed by atoms with van der Waals surface area (Å²) < 4.78 is 0. The molecule has 5 nitrogen and oxygen atoms in total. The van der Waals surface area contributed by atoms with E-state index >= 15 is 0 Å². The maximum atomic E-state index is 5.95. The molecule has 0 atom stereocenters. The van der Waals surface area contributed by atoms with E-state index in [0.29, 0.717) is 21.3 Å². The molecule has 6 N–H and O–H groups in total. The summed E-state index contributed by atoms with van der Waals surface area (Å²) in [4.78, 5) is 7.57. The van der Waals surface area contributed by atoms with Crippen LogP contribution in [0, 0.1) is 6.92 Å². The third kappa shape index (κ3) is 3.01. The molecule has 0 aromatic heterocycles. The van der Waals surface area contributed by atoms with Crippen molar-refractivity contribution in [2.45, 2.75) is 6.92 Å². The lowest BCUT2D eigenvalue weighted by Crippen LogP contribution is -2.26. The summed E-state index contributed by atoms with van der Waals surface area (Å²) in [6, 6.07) is 3.30. The maximum absolute atomic E-state index is 5.95. The molecule has 0 unspecified atom stereocenters. The second-order valence-electron chi connectivity index (χ2n) is 3.01. The van der Waals surface area contributed by atoms with Gasteiger partial charge in [-0.1, -0.05) is 23.2 Å². The Balaban J connectivity index is 3.24. The molecule has 0 radical (unpaired) electrons. The van der Waals surface area contributed by atoms with Gasteiger partial charge < -0.3 is 17.2 Å². The SMILES string of the molecule is Cc1c(Cl)ccc(Cl)c1N=C(N)N=C(N)N. The minimum absolute atomic E-state index is 0.0766. The lowest BCUT2D eigenvalue weighted by molar-refractivity contribution is 1.34. The van der Waals surface area contributed by atoms with Crippen LogP contribution < -0.4 is 17.2 Å². The van der Waals surface area contributed by atoms with E-state index < -0.39 is 0 Å². The summed E-state index contributed by atoms with van der Waals surface area (Å²) >= 11 is 11.9. The van der Waals surface area contributed by atoms with Crippen LogP contribution in [0.2, 0.25) is 10.0 Å². The van der Waals surface area contributed by atoms with Crippen molar-refractivity contribution in [2.24, 2.45) is 27.2 Å². The molecule has 0 bridgehead atoms. The van der Waals surface area contributed by atoms with Crippen molar-refractivity contribution in [3.8, 4) is 0 Å². The minimum Gasteiger partial charge on any atom is -0.370 e. The first-order valence-electron chi connectivity index (χ1n) is 4.30. The zero-order valence-electron chi connectivity index (χ0n) is 8.54. The first-order chi connectivity index (χ1) is 7.41. The zero-order valence-corrected chi connectivity index (χ0v) is 10.0. The number of guanidine groups is 2. The van der Waals surface area contributed by atoms with Gasteiger partial charge in [0, 0.05) is 5.02 Å². The molecular formula is C9H11Cl2N5. The highest BCUT2D eigenvalue weighted by Crippen LogP contribution is 2.33. The van der Waals surface area contributed by atoms with Gasteiger partial charge in [-0.15, -0.1) is 0 Å². The third-order valence-electron chi connectivity index (χ3n) is 1.79. The lowest BCUT2D eigenvalue weighted by atomic mass is 10.2. The van der Waals surface area contributed by atoms with Gasteiger partial charge in [-0.3, -0.25) is 0 Å². The molecule has 1 aromatic rings. The van der Waals surface area contributed by atoms with Gasteiger partial charge in [0.1, 0.15) is 0 Å². The number of nitrogens with two attached hydrogens (primary N) is 3. The molecule has 86 valence electrons. The van der Waals surface area contributed by atoms with Crippen molar-refractivity contribution in [3.63, 3.8) is 0 Å². The van der Waals surface area contributed by atoms with Crippen molar-refractivity contribution in [2.75, 3.05) is 0 Å². The highest BCUT2D eigenvalue weighted by Gasteiger charge is 2.07. The van der Waals surface area contributed by atoms with Gasteiger partial charge in [-0.25, -0.2) is 4.99 Å². The second-order valence-corrected chi connectivity index (χ2v) is 3.82. The summed E-state index contributed by atoms with van der Waals surface area (Å²) in [6.07, 6.45) is 0. The van der Waals surface area contributed by atoms with Gasteiger partial charge in [0.05, 0.1) is 10.7 Å². The first kappa shape index (κ1) is 12.6. The molecule has 0 aliphatic rings. The molecule has 0 amide bonds. The van der Waals surface area contributed by atoms with E-state index in [4.69, 9.17) is 40.4 Å². The molecule has 1 aromatic carbocycles. The molecule has 0 spiro atoms. The van der Waals surface area contributed by atoms with E-state index in [0.717, 1.165) is 0 Å². The highest BCUT2D eigenvalue weighted by molar-refractivity contribution is 6.35. The summed E-state index contributed by atoms with van der Waals surface area (Å²) in [6.45, 7) is 1.77. The normalized spacial score (nSPS) is 11.3. The van der Waals surface area contributed by atoms with Gasteiger partial charge in [0.25, 0.3) is 0 Å². The number of nitrogens with zero attached hydrogens (tertiary/aromatic N) is 2. The molecule has 0 saturated carbocycles. The van der Waals surface area contributed by atoms with Crippen LogP contribution in [0.15, 0.2) is 22.1 Å². The number of hydrogen-bond acceptors (Lipinski definition) is 1. The standard InChI is InChI=1S/C9H11Cl2N5/c1-4-5(10)2-3-6(11)7(4)15-9(14)16-8(12)13/h2-3H,1H3,(H6,12,13,14,15,16). The molecule has 0 aliphatic heterocycles. The van der Waals surface area contributed by atoms with E-state index in [2.05, 4.69) is 9.98 Å². The fraction of sp³-hybridized carbons (Fsp3) is 0.111. The average Bonchev–Trinajstić information content (AvgIpc) is 2.17. The van der Waals surface area contributed by atoms with Gasteiger partial charge >= 0.3 is 0 Å². The van der Waals surface area contributed by atoms with E-state index in [1.54, 1.807) is 19.1 Å². The Kier molecular flexibility index (Phi) is 3.98. The summed E-state index contributed by atoms with van der Waals surface area (Å²) in [7, 11) is 0. The Bertz CT molecular complexity index is 463. The average molecular weight is 260 g/mol. The number of aliphatic imine (C=N–C) groups is 2. The van der Waals surface area contributed by atoms with Gasteiger partial charge in [0.2, 0.25) is 5.96 Å². The van der Waals surface area contributed by atoms with Crippen molar-refractivity contribution >= 4 is 40.8 Å². The van der Waals surface area contributed by atoms with E-state index in [9.17, 15) is 0 Å². The molecule has 1 rings (SSSR count). The second kappa shape index (κ2) is 5.05. The largest absolute Gasteiger partial charge is 0.370 e. The van der Waals surface area contributed by atoms with Crippen LogP contribution in [0.25, 0.3) is 0 Å². The Morgan fingerprint density at radius 1 is 1.12 bits per heavy atom. The fourth-order valence-corrected chi connectivity index (χ4v) is 1.45. The molecule has 16 heavy (non-hydrogen) atoms. The zero-order chi connectivity index (χ0) is 12.3. The molecular weight excluding hydrogens is 249 g/mol. The highest BCUT2D eigenvalue weighted by atomic mass is 35.5. The van der Waals surface area contributed by atoms with E-state index in [-0.39, 0.29) is 11.9 Å².